The zero-order valence-electron chi connectivity index (χ0n) is 13.4. The van der Waals surface area contributed by atoms with Crippen LogP contribution < -0.4 is 15.8 Å². The summed E-state index contributed by atoms with van der Waals surface area (Å²) in [7, 11) is 0. The Kier molecular flexibility index (Phi) is 5.22. The Morgan fingerprint density at radius 3 is 2.50 bits per heavy atom. The summed E-state index contributed by atoms with van der Waals surface area (Å²) < 4.78 is 0. The number of piperazine rings is 1. The molecule has 2 aromatic rings. The summed E-state index contributed by atoms with van der Waals surface area (Å²) in [5.41, 5.74) is 1.17. The van der Waals surface area contributed by atoms with Gasteiger partial charge in [0.15, 0.2) is 0 Å². The van der Waals surface area contributed by atoms with Gasteiger partial charge in [-0.25, -0.2) is 5.10 Å². The van der Waals surface area contributed by atoms with E-state index in [1.807, 2.05) is 6.07 Å². The monoisotopic (exact) mass is 327 g/mol. The highest BCUT2D eigenvalue weighted by molar-refractivity contribution is 5.91. The molecule has 3 rings (SSSR count). The summed E-state index contributed by atoms with van der Waals surface area (Å²) in [6.07, 6.45) is 0. The molecular weight excluding hydrogens is 306 g/mol. The number of anilines is 1. The Hall–Kier alpha value is -2.67. The smallest absolute Gasteiger partial charge is 0.271 e. The first-order valence-electron chi connectivity index (χ1n) is 8.09. The quantitative estimate of drug-likeness (QED) is 0.827. The lowest BCUT2D eigenvalue weighted by Crippen LogP contribution is -2.48. The highest BCUT2D eigenvalue weighted by Crippen LogP contribution is 2.15. The van der Waals surface area contributed by atoms with E-state index in [9.17, 15) is 9.59 Å². The number of rotatable bonds is 5. The van der Waals surface area contributed by atoms with Crippen molar-refractivity contribution in [2.75, 3.05) is 44.2 Å². The maximum Gasteiger partial charge on any atom is 0.271 e. The minimum atomic E-state index is -0.317. The van der Waals surface area contributed by atoms with Crippen LogP contribution in [0.1, 0.15) is 10.5 Å². The van der Waals surface area contributed by atoms with Crippen LogP contribution in [0.25, 0.3) is 0 Å². The number of nitrogens with one attached hydrogen (secondary N) is 2. The maximum absolute atomic E-state index is 11.9. The predicted octanol–water partition coefficient (Wildman–Crippen LogP) is 0.322. The normalized spacial score (nSPS) is 15.2. The Morgan fingerprint density at radius 1 is 1.08 bits per heavy atom. The first-order chi connectivity index (χ1) is 11.7. The number of hydrogen-bond acceptors (Lipinski definition) is 5. The molecule has 7 heteroatoms. The van der Waals surface area contributed by atoms with E-state index >= 15 is 0 Å². The molecule has 24 heavy (non-hydrogen) atoms. The van der Waals surface area contributed by atoms with Gasteiger partial charge in [0, 0.05) is 51.0 Å². The Labute approximate surface area is 140 Å². The second kappa shape index (κ2) is 7.74. The van der Waals surface area contributed by atoms with Crippen LogP contribution in [0.2, 0.25) is 0 Å². The van der Waals surface area contributed by atoms with Crippen molar-refractivity contribution in [3.05, 3.63) is 58.5 Å². The van der Waals surface area contributed by atoms with Crippen LogP contribution in [0.5, 0.6) is 0 Å². The third-order valence-electron chi connectivity index (χ3n) is 4.12. The molecule has 0 unspecified atom stereocenters. The lowest BCUT2D eigenvalue weighted by atomic mass is 10.2. The number of carbonyl (C=O) groups is 1. The number of H-pyrrole nitrogens is 1. The number of aromatic nitrogens is 2. The summed E-state index contributed by atoms with van der Waals surface area (Å²) in [5, 5.41) is 8.81. The molecule has 0 atom stereocenters. The van der Waals surface area contributed by atoms with Gasteiger partial charge in [-0.3, -0.25) is 14.5 Å². The van der Waals surface area contributed by atoms with Gasteiger partial charge in [-0.2, -0.15) is 5.10 Å². The Bertz CT molecular complexity index is 703. The highest BCUT2D eigenvalue weighted by Gasteiger charge is 2.17. The van der Waals surface area contributed by atoms with Crippen molar-refractivity contribution < 1.29 is 4.79 Å². The van der Waals surface area contributed by atoms with Gasteiger partial charge < -0.3 is 10.2 Å². The van der Waals surface area contributed by atoms with Crippen molar-refractivity contribution in [1.29, 1.82) is 0 Å². The van der Waals surface area contributed by atoms with Gasteiger partial charge in [0.1, 0.15) is 5.69 Å². The average Bonchev–Trinajstić information content (AvgIpc) is 2.63. The van der Waals surface area contributed by atoms with Gasteiger partial charge >= 0.3 is 0 Å². The van der Waals surface area contributed by atoms with Gasteiger partial charge in [-0.15, -0.1) is 0 Å². The fourth-order valence-electron chi connectivity index (χ4n) is 2.76. The molecule has 2 N–H and O–H groups in total. The lowest BCUT2D eigenvalue weighted by Gasteiger charge is -2.36. The summed E-state index contributed by atoms with van der Waals surface area (Å²) in [6, 6.07) is 13.1. The van der Waals surface area contributed by atoms with Crippen molar-refractivity contribution in [1.82, 2.24) is 20.4 Å². The Morgan fingerprint density at radius 2 is 1.83 bits per heavy atom. The first kappa shape index (κ1) is 16.2. The second-order valence-electron chi connectivity index (χ2n) is 5.73. The first-order valence-corrected chi connectivity index (χ1v) is 8.09. The van der Waals surface area contributed by atoms with E-state index in [1.165, 1.54) is 17.8 Å². The SMILES string of the molecule is O=C(NCCN1CCN(c2ccccc2)CC1)c1ccc(=O)[nH]n1. The Balaban J connectivity index is 1.40. The molecule has 1 aliphatic heterocycles. The van der Waals surface area contributed by atoms with Gasteiger partial charge in [0.25, 0.3) is 11.5 Å². The molecule has 0 saturated carbocycles. The summed E-state index contributed by atoms with van der Waals surface area (Å²) in [4.78, 5) is 27.6. The third kappa shape index (κ3) is 4.20. The van der Waals surface area contributed by atoms with E-state index in [4.69, 9.17) is 0 Å². The molecule has 1 aromatic carbocycles. The van der Waals surface area contributed by atoms with E-state index in [0.29, 0.717) is 6.54 Å². The molecule has 1 fully saturated rings. The van der Waals surface area contributed by atoms with Gasteiger partial charge in [-0.05, 0) is 18.2 Å². The molecule has 7 nitrogen and oxygen atoms in total. The molecule has 126 valence electrons. The van der Waals surface area contributed by atoms with Crippen molar-refractivity contribution in [2.45, 2.75) is 0 Å². The van der Waals surface area contributed by atoms with E-state index in [-0.39, 0.29) is 17.2 Å². The van der Waals surface area contributed by atoms with Crippen LogP contribution in [0.4, 0.5) is 5.69 Å². The topological polar surface area (TPSA) is 81.3 Å². The third-order valence-corrected chi connectivity index (χ3v) is 4.12. The molecule has 1 saturated heterocycles. The van der Waals surface area contributed by atoms with Crippen LogP contribution in [-0.4, -0.2) is 60.3 Å². The molecule has 0 spiro atoms. The van der Waals surface area contributed by atoms with E-state index in [0.717, 1.165) is 32.7 Å². The predicted molar refractivity (Wildman–Crippen MR) is 92.3 cm³/mol. The average molecular weight is 327 g/mol. The number of benzene rings is 1. The van der Waals surface area contributed by atoms with Gasteiger partial charge in [0.05, 0.1) is 0 Å². The lowest BCUT2D eigenvalue weighted by molar-refractivity contribution is 0.0941. The van der Waals surface area contributed by atoms with E-state index in [1.54, 1.807) is 0 Å². The molecule has 0 bridgehead atoms. The molecule has 2 heterocycles. The number of carbonyl (C=O) groups excluding carboxylic acids is 1. The summed E-state index contributed by atoms with van der Waals surface area (Å²) in [6.45, 7) is 5.28. The zero-order valence-corrected chi connectivity index (χ0v) is 13.4. The van der Waals surface area contributed by atoms with Crippen LogP contribution in [0.3, 0.4) is 0 Å². The van der Waals surface area contributed by atoms with Crippen molar-refractivity contribution in [3.8, 4) is 0 Å². The molecular formula is C17H21N5O2. The summed E-state index contributed by atoms with van der Waals surface area (Å²) >= 11 is 0. The minimum absolute atomic E-state index is 0.225. The number of para-hydroxylation sites is 1. The standard InChI is InChI=1S/C17H21N5O2/c23-16-7-6-15(19-20-16)17(24)18-8-9-21-10-12-22(13-11-21)14-4-2-1-3-5-14/h1-7H,8-13H2,(H,18,24)(H,20,23). The molecule has 0 aliphatic carbocycles. The number of aromatic amines is 1. The van der Waals surface area contributed by atoms with Crippen molar-refractivity contribution in [3.63, 3.8) is 0 Å². The highest BCUT2D eigenvalue weighted by atomic mass is 16.2. The summed E-state index contributed by atoms with van der Waals surface area (Å²) in [5.74, 6) is -0.269. The minimum Gasteiger partial charge on any atom is -0.369 e. The van der Waals surface area contributed by atoms with E-state index in [2.05, 4.69) is 49.6 Å². The largest absolute Gasteiger partial charge is 0.369 e. The van der Waals surface area contributed by atoms with Gasteiger partial charge in [-0.1, -0.05) is 18.2 Å². The van der Waals surface area contributed by atoms with Crippen LogP contribution >= 0.6 is 0 Å². The number of nitrogens with zero attached hydrogens (tertiary/aromatic N) is 3. The fraction of sp³-hybridized carbons (Fsp3) is 0.353. The van der Waals surface area contributed by atoms with Gasteiger partial charge in [0.2, 0.25) is 0 Å². The van der Waals surface area contributed by atoms with Crippen molar-refractivity contribution >= 4 is 11.6 Å². The number of hydrogen-bond donors (Lipinski definition) is 2. The molecule has 1 aromatic heterocycles. The van der Waals surface area contributed by atoms with Crippen LogP contribution in [0, 0.1) is 0 Å². The molecule has 0 radical (unpaired) electrons. The van der Waals surface area contributed by atoms with Crippen LogP contribution in [-0.2, 0) is 0 Å². The second-order valence-corrected chi connectivity index (χ2v) is 5.73. The molecule has 1 amide bonds. The zero-order chi connectivity index (χ0) is 16.8. The fourth-order valence-corrected chi connectivity index (χ4v) is 2.76. The van der Waals surface area contributed by atoms with Crippen LogP contribution in [0.15, 0.2) is 47.3 Å². The maximum atomic E-state index is 11.9. The molecule has 1 aliphatic rings. The number of amides is 1. The van der Waals surface area contributed by atoms with E-state index < -0.39 is 0 Å². The van der Waals surface area contributed by atoms with Crippen molar-refractivity contribution in [2.24, 2.45) is 0 Å².